The van der Waals surface area contributed by atoms with Gasteiger partial charge < -0.3 is 15.2 Å². The number of aromatic nitrogens is 1. The van der Waals surface area contributed by atoms with Crippen molar-refractivity contribution in [1.82, 2.24) is 4.98 Å². The fraction of sp³-hybridized carbons (Fsp3) is 0.571. The van der Waals surface area contributed by atoms with Gasteiger partial charge in [0, 0.05) is 18.6 Å². The van der Waals surface area contributed by atoms with Gasteiger partial charge in [0.25, 0.3) is 0 Å². The van der Waals surface area contributed by atoms with Gasteiger partial charge in [-0.25, -0.2) is 9.78 Å². The second-order valence-electron chi connectivity index (χ2n) is 4.95. The molecule has 0 radical (unpaired) electrons. The van der Waals surface area contributed by atoms with Crippen molar-refractivity contribution in [2.45, 2.75) is 32.2 Å². The molecule has 1 fully saturated rings. The van der Waals surface area contributed by atoms with E-state index in [0.29, 0.717) is 17.2 Å². The molecule has 5 nitrogen and oxygen atoms in total. The number of carbonyl (C=O) groups excluding carboxylic acids is 1. The molecule has 1 aromatic heterocycles. The highest BCUT2D eigenvalue weighted by atomic mass is 16.5. The molecule has 0 saturated heterocycles. The highest BCUT2D eigenvalue weighted by Crippen LogP contribution is 2.27. The SMILES string of the molecule is COC(=O)c1ccc(NC2CCCC2CO)nc1C. The van der Waals surface area contributed by atoms with Crippen LogP contribution >= 0.6 is 0 Å². The van der Waals surface area contributed by atoms with Crippen molar-refractivity contribution in [2.75, 3.05) is 19.0 Å². The van der Waals surface area contributed by atoms with Gasteiger partial charge in [-0.3, -0.25) is 0 Å². The summed E-state index contributed by atoms with van der Waals surface area (Å²) in [6.45, 7) is 1.99. The standard InChI is InChI=1S/C14H20N2O3/c1-9-11(14(18)19-2)6-7-13(15-9)16-12-5-3-4-10(12)8-17/h6-7,10,12,17H,3-5,8H2,1-2H3,(H,15,16). The summed E-state index contributed by atoms with van der Waals surface area (Å²) < 4.78 is 4.69. The van der Waals surface area contributed by atoms with Crippen LogP contribution in [0.2, 0.25) is 0 Å². The number of aryl methyl sites for hydroxylation is 1. The number of nitrogens with one attached hydrogen (secondary N) is 1. The molecule has 0 aliphatic heterocycles. The number of hydrogen-bond donors (Lipinski definition) is 2. The number of anilines is 1. The number of hydrogen-bond acceptors (Lipinski definition) is 5. The number of pyridine rings is 1. The van der Waals surface area contributed by atoms with E-state index in [4.69, 9.17) is 4.74 Å². The maximum atomic E-state index is 11.5. The van der Waals surface area contributed by atoms with Crippen molar-refractivity contribution in [3.63, 3.8) is 0 Å². The zero-order chi connectivity index (χ0) is 13.8. The van der Waals surface area contributed by atoms with Gasteiger partial charge in [-0.2, -0.15) is 0 Å². The predicted octanol–water partition coefficient (Wildman–Crippen LogP) is 1.75. The second-order valence-corrected chi connectivity index (χ2v) is 4.95. The van der Waals surface area contributed by atoms with Crippen LogP contribution in [0.5, 0.6) is 0 Å². The molecule has 2 N–H and O–H groups in total. The molecule has 1 aromatic rings. The number of carbonyl (C=O) groups is 1. The van der Waals surface area contributed by atoms with Crippen LogP contribution in [0.3, 0.4) is 0 Å². The fourth-order valence-corrected chi connectivity index (χ4v) is 2.60. The zero-order valence-corrected chi connectivity index (χ0v) is 11.3. The Hall–Kier alpha value is -1.62. The predicted molar refractivity (Wildman–Crippen MR) is 72.2 cm³/mol. The van der Waals surface area contributed by atoms with Gasteiger partial charge in [0.05, 0.1) is 18.4 Å². The van der Waals surface area contributed by atoms with Gasteiger partial charge >= 0.3 is 5.97 Å². The molecule has 1 aliphatic rings. The molecule has 5 heteroatoms. The van der Waals surface area contributed by atoms with Crippen molar-refractivity contribution in [3.8, 4) is 0 Å². The van der Waals surface area contributed by atoms with E-state index in [0.717, 1.165) is 25.1 Å². The molecule has 1 aliphatic carbocycles. The minimum absolute atomic E-state index is 0.205. The summed E-state index contributed by atoms with van der Waals surface area (Å²) in [6.07, 6.45) is 3.22. The number of esters is 1. The lowest BCUT2D eigenvalue weighted by Gasteiger charge is -2.20. The first kappa shape index (κ1) is 13.8. The van der Waals surface area contributed by atoms with Crippen LogP contribution < -0.4 is 5.32 Å². The molecule has 0 bridgehead atoms. The highest BCUT2D eigenvalue weighted by Gasteiger charge is 2.26. The first-order valence-corrected chi connectivity index (χ1v) is 6.59. The van der Waals surface area contributed by atoms with Crippen LogP contribution in [0.4, 0.5) is 5.82 Å². The number of methoxy groups -OCH3 is 1. The van der Waals surface area contributed by atoms with Crippen molar-refractivity contribution in [3.05, 3.63) is 23.4 Å². The third kappa shape index (κ3) is 3.04. The van der Waals surface area contributed by atoms with Gasteiger partial charge in [0.2, 0.25) is 0 Å². The number of ether oxygens (including phenoxy) is 1. The summed E-state index contributed by atoms with van der Waals surface area (Å²) in [5, 5.41) is 12.6. The topological polar surface area (TPSA) is 71.5 Å². The molecule has 0 amide bonds. The van der Waals surface area contributed by atoms with E-state index in [2.05, 4.69) is 10.3 Å². The van der Waals surface area contributed by atoms with Crippen molar-refractivity contribution < 1.29 is 14.6 Å². The quantitative estimate of drug-likeness (QED) is 0.811. The summed E-state index contributed by atoms with van der Waals surface area (Å²) in [5.41, 5.74) is 1.13. The number of aliphatic hydroxyl groups excluding tert-OH is 1. The maximum absolute atomic E-state index is 11.5. The Kier molecular flexibility index (Phi) is 4.37. The Labute approximate surface area is 113 Å². The van der Waals surface area contributed by atoms with Crippen LogP contribution in [0.25, 0.3) is 0 Å². The van der Waals surface area contributed by atoms with E-state index in [1.807, 2.05) is 0 Å². The highest BCUT2D eigenvalue weighted by molar-refractivity contribution is 5.90. The van der Waals surface area contributed by atoms with E-state index in [-0.39, 0.29) is 18.6 Å². The largest absolute Gasteiger partial charge is 0.465 e. The van der Waals surface area contributed by atoms with Gasteiger partial charge in [0.1, 0.15) is 5.82 Å². The molecule has 0 spiro atoms. The second kappa shape index (κ2) is 6.02. The van der Waals surface area contributed by atoms with E-state index < -0.39 is 0 Å². The summed E-state index contributed by atoms with van der Waals surface area (Å²) in [6, 6.07) is 3.77. The van der Waals surface area contributed by atoms with E-state index in [1.165, 1.54) is 7.11 Å². The normalized spacial score (nSPS) is 22.3. The summed E-state index contributed by atoms with van der Waals surface area (Å²) >= 11 is 0. The number of rotatable bonds is 4. The number of nitrogens with zero attached hydrogens (tertiary/aromatic N) is 1. The molecule has 104 valence electrons. The molecule has 2 unspecified atom stereocenters. The van der Waals surface area contributed by atoms with Crippen LogP contribution in [0.15, 0.2) is 12.1 Å². The van der Waals surface area contributed by atoms with Crippen LogP contribution in [0, 0.1) is 12.8 Å². The Morgan fingerprint density at radius 3 is 2.95 bits per heavy atom. The van der Waals surface area contributed by atoms with Gasteiger partial charge in [-0.1, -0.05) is 6.42 Å². The average molecular weight is 264 g/mol. The number of aliphatic hydroxyl groups is 1. The minimum atomic E-state index is -0.370. The fourth-order valence-electron chi connectivity index (χ4n) is 2.60. The third-order valence-electron chi connectivity index (χ3n) is 3.72. The van der Waals surface area contributed by atoms with E-state index in [1.54, 1.807) is 19.1 Å². The molecule has 0 aromatic carbocycles. The Bertz CT molecular complexity index is 462. The minimum Gasteiger partial charge on any atom is -0.465 e. The summed E-state index contributed by atoms with van der Waals surface area (Å²) in [7, 11) is 1.36. The molecule has 19 heavy (non-hydrogen) atoms. The van der Waals surface area contributed by atoms with Crippen molar-refractivity contribution >= 4 is 11.8 Å². The molecular formula is C14H20N2O3. The lowest BCUT2D eigenvalue weighted by atomic mass is 10.1. The van der Waals surface area contributed by atoms with E-state index >= 15 is 0 Å². The Balaban J connectivity index is 2.10. The monoisotopic (exact) mass is 264 g/mol. The van der Waals surface area contributed by atoms with Crippen molar-refractivity contribution in [2.24, 2.45) is 5.92 Å². The van der Waals surface area contributed by atoms with Crippen LogP contribution in [-0.2, 0) is 4.74 Å². The maximum Gasteiger partial charge on any atom is 0.339 e. The first-order valence-electron chi connectivity index (χ1n) is 6.59. The molecule has 1 heterocycles. The van der Waals surface area contributed by atoms with Crippen LogP contribution in [-0.4, -0.2) is 35.8 Å². The summed E-state index contributed by atoms with van der Waals surface area (Å²) in [5.74, 6) is 0.670. The third-order valence-corrected chi connectivity index (χ3v) is 3.72. The van der Waals surface area contributed by atoms with Crippen LogP contribution in [0.1, 0.15) is 35.3 Å². The van der Waals surface area contributed by atoms with Crippen molar-refractivity contribution in [1.29, 1.82) is 0 Å². The van der Waals surface area contributed by atoms with E-state index in [9.17, 15) is 9.90 Å². The molecule has 2 atom stereocenters. The van der Waals surface area contributed by atoms with Gasteiger partial charge in [0.15, 0.2) is 0 Å². The molecule has 1 saturated carbocycles. The lowest BCUT2D eigenvalue weighted by molar-refractivity contribution is 0.0599. The molecular weight excluding hydrogens is 244 g/mol. The Morgan fingerprint density at radius 1 is 1.53 bits per heavy atom. The Morgan fingerprint density at radius 2 is 2.32 bits per heavy atom. The van der Waals surface area contributed by atoms with Gasteiger partial charge in [-0.15, -0.1) is 0 Å². The average Bonchev–Trinajstić information content (AvgIpc) is 2.85. The summed E-state index contributed by atoms with van der Waals surface area (Å²) in [4.78, 5) is 15.9. The first-order chi connectivity index (χ1) is 9.15. The molecule has 2 rings (SSSR count). The smallest absolute Gasteiger partial charge is 0.339 e. The van der Waals surface area contributed by atoms with Gasteiger partial charge in [-0.05, 0) is 31.9 Å². The zero-order valence-electron chi connectivity index (χ0n) is 11.3. The lowest BCUT2D eigenvalue weighted by Crippen LogP contribution is -2.27.